The molecule has 0 saturated carbocycles. The van der Waals surface area contributed by atoms with Gasteiger partial charge in [0.2, 0.25) is 5.91 Å². The van der Waals surface area contributed by atoms with Crippen molar-refractivity contribution in [3.05, 3.63) is 71.3 Å². The van der Waals surface area contributed by atoms with Gasteiger partial charge in [0.05, 0.1) is 12.6 Å². The van der Waals surface area contributed by atoms with Crippen LogP contribution < -0.4 is 10.1 Å². The number of amides is 1. The summed E-state index contributed by atoms with van der Waals surface area (Å²) >= 11 is 0. The van der Waals surface area contributed by atoms with Crippen molar-refractivity contribution in [2.45, 2.75) is 19.4 Å². The first-order chi connectivity index (χ1) is 10.7. The highest BCUT2D eigenvalue weighted by atomic mass is 16.5. The molecule has 0 aromatic heterocycles. The fourth-order valence-electron chi connectivity index (χ4n) is 2.66. The summed E-state index contributed by atoms with van der Waals surface area (Å²) in [5.74, 6) is 0.782. The van der Waals surface area contributed by atoms with E-state index in [1.807, 2.05) is 61.5 Å². The van der Waals surface area contributed by atoms with Crippen LogP contribution in [0.5, 0.6) is 5.75 Å². The molecule has 2 aromatic rings. The van der Waals surface area contributed by atoms with E-state index in [-0.39, 0.29) is 11.9 Å². The van der Waals surface area contributed by atoms with Crippen molar-refractivity contribution in [2.75, 3.05) is 6.61 Å². The zero-order valence-corrected chi connectivity index (χ0v) is 12.6. The molecule has 0 saturated heterocycles. The number of carbonyl (C=O) groups excluding carboxylic acids is 1. The van der Waals surface area contributed by atoms with Crippen molar-refractivity contribution in [3.8, 4) is 5.75 Å². The average molecular weight is 293 g/mol. The number of ether oxygens (including phenoxy) is 1. The highest BCUT2D eigenvalue weighted by molar-refractivity contribution is 5.92. The van der Waals surface area contributed by atoms with Gasteiger partial charge in [-0.2, -0.15) is 0 Å². The molecular weight excluding hydrogens is 274 g/mol. The number of hydrogen-bond donors (Lipinski definition) is 1. The van der Waals surface area contributed by atoms with Crippen molar-refractivity contribution in [1.82, 2.24) is 5.32 Å². The van der Waals surface area contributed by atoms with E-state index in [1.54, 1.807) is 6.08 Å². The number of fused-ring (bicyclic) bond motifs is 1. The molecule has 112 valence electrons. The predicted octanol–water partition coefficient (Wildman–Crippen LogP) is 3.65. The van der Waals surface area contributed by atoms with Gasteiger partial charge in [0.1, 0.15) is 5.75 Å². The third kappa shape index (κ3) is 3.37. The highest BCUT2D eigenvalue weighted by Gasteiger charge is 2.21. The number of aryl methyl sites for hydroxylation is 1. The lowest BCUT2D eigenvalue weighted by molar-refractivity contribution is -0.117. The molecule has 1 aliphatic heterocycles. The molecule has 3 rings (SSSR count). The first-order valence-corrected chi connectivity index (χ1v) is 7.49. The van der Waals surface area contributed by atoms with E-state index in [1.165, 1.54) is 5.56 Å². The number of benzene rings is 2. The molecule has 0 radical (unpaired) electrons. The second-order valence-corrected chi connectivity index (χ2v) is 5.48. The van der Waals surface area contributed by atoms with Gasteiger partial charge < -0.3 is 10.1 Å². The maximum absolute atomic E-state index is 12.1. The Bertz CT molecular complexity index is 706. The zero-order chi connectivity index (χ0) is 15.4. The minimum Gasteiger partial charge on any atom is -0.493 e. The highest BCUT2D eigenvalue weighted by Crippen LogP contribution is 2.31. The van der Waals surface area contributed by atoms with E-state index in [0.717, 1.165) is 23.3 Å². The monoisotopic (exact) mass is 293 g/mol. The standard InChI is InChI=1S/C19H19NO2/c1-14-5-4-6-15(13-14)9-10-19(21)20-17-11-12-22-18-8-3-2-7-16(17)18/h2-10,13,17H,11-12H2,1H3,(H,20,21)/b10-9+/t17-/m0/s1. The van der Waals surface area contributed by atoms with Gasteiger partial charge >= 0.3 is 0 Å². The number of nitrogens with one attached hydrogen (secondary N) is 1. The summed E-state index contributed by atoms with van der Waals surface area (Å²) in [7, 11) is 0. The summed E-state index contributed by atoms with van der Waals surface area (Å²) in [4.78, 5) is 12.1. The summed E-state index contributed by atoms with van der Waals surface area (Å²) in [6.45, 7) is 2.67. The largest absolute Gasteiger partial charge is 0.493 e. The first-order valence-electron chi connectivity index (χ1n) is 7.49. The fraction of sp³-hybridized carbons (Fsp3) is 0.211. The molecule has 0 spiro atoms. The van der Waals surface area contributed by atoms with Gasteiger partial charge in [-0.15, -0.1) is 0 Å². The molecule has 2 aromatic carbocycles. The lowest BCUT2D eigenvalue weighted by Gasteiger charge is -2.26. The Labute approximate surface area is 130 Å². The normalized spacial score (nSPS) is 16.9. The third-order valence-corrected chi connectivity index (χ3v) is 3.74. The van der Waals surface area contributed by atoms with Crippen molar-refractivity contribution >= 4 is 12.0 Å². The minimum absolute atomic E-state index is 0.0135. The molecule has 1 aliphatic rings. The molecule has 3 heteroatoms. The summed E-state index contributed by atoms with van der Waals surface area (Å²) in [5.41, 5.74) is 3.26. The van der Waals surface area contributed by atoms with Crippen LogP contribution in [0.25, 0.3) is 6.08 Å². The summed E-state index contributed by atoms with van der Waals surface area (Å²) < 4.78 is 5.61. The van der Waals surface area contributed by atoms with Crippen LogP contribution in [0.1, 0.15) is 29.2 Å². The van der Waals surface area contributed by atoms with Gasteiger partial charge in [-0.25, -0.2) is 0 Å². The van der Waals surface area contributed by atoms with Gasteiger partial charge in [-0.3, -0.25) is 4.79 Å². The SMILES string of the molecule is Cc1cccc(/C=C/C(=O)N[C@H]2CCOc3ccccc32)c1. The predicted molar refractivity (Wildman–Crippen MR) is 87.7 cm³/mol. The summed E-state index contributed by atoms with van der Waals surface area (Å²) in [6.07, 6.45) is 4.22. The molecule has 1 heterocycles. The second-order valence-electron chi connectivity index (χ2n) is 5.48. The van der Waals surface area contributed by atoms with Gasteiger partial charge in [0.15, 0.2) is 0 Å². The van der Waals surface area contributed by atoms with E-state index >= 15 is 0 Å². The Balaban J connectivity index is 1.68. The van der Waals surface area contributed by atoms with E-state index in [0.29, 0.717) is 6.61 Å². The number of rotatable bonds is 3. The maximum atomic E-state index is 12.1. The summed E-state index contributed by atoms with van der Waals surface area (Å²) in [5, 5.41) is 3.05. The Morgan fingerprint density at radius 1 is 1.23 bits per heavy atom. The number of para-hydroxylation sites is 1. The van der Waals surface area contributed by atoms with Crippen LogP contribution in [0.4, 0.5) is 0 Å². The van der Waals surface area contributed by atoms with Crippen LogP contribution in [0.15, 0.2) is 54.6 Å². The molecule has 1 atom stereocenters. The molecule has 1 N–H and O–H groups in total. The van der Waals surface area contributed by atoms with Gasteiger partial charge in [0.25, 0.3) is 0 Å². The van der Waals surface area contributed by atoms with Gasteiger partial charge in [-0.05, 0) is 24.6 Å². The third-order valence-electron chi connectivity index (χ3n) is 3.74. The Morgan fingerprint density at radius 2 is 2.09 bits per heavy atom. The molecular formula is C19H19NO2. The molecule has 3 nitrogen and oxygen atoms in total. The van der Waals surface area contributed by atoms with E-state index < -0.39 is 0 Å². The van der Waals surface area contributed by atoms with Crippen LogP contribution in [-0.2, 0) is 4.79 Å². The lowest BCUT2D eigenvalue weighted by Crippen LogP contribution is -2.30. The lowest BCUT2D eigenvalue weighted by atomic mass is 10.0. The average Bonchev–Trinajstić information content (AvgIpc) is 2.53. The van der Waals surface area contributed by atoms with Crippen LogP contribution in [0.3, 0.4) is 0 Å². The molecule has 0 unspecified atom stereocenters. The molecule has 0 aliphatic carbocycles. The smallest absolute Gasteiger partial charge is 0.244 e. The topological polar surface area (TPSA) is 38.3 Å². The van der Waals surface area contributed by atoms with E-state index in [9.17, 15) is 4.79 Å². The van der Waals surface area contributed by atoms with E-state index in [2.05, 4.69) is 5.32 Å². The Morgan fingerprint density at radius 3 is 2.95 bits per heavy atom. The van der Waals surface area contributed by atoms with Crippen LogP contribution >= 0.6 is 0 Å². The van der Waals surface area contributed by atoms with Crippen molar-refractivity contribution < 1.29 is 9.53 Å². The molecule has 1 amide bonds. The van der Waals surface area contributed by atoms with Crippen LogP contribution in [-0.4, -0.2) is 12.5 Å². The molecule has 0 fully saturated rings. The van der Waals surface area contributed by atoms with Gasteiger partial charge in [-0.1, -0.05) is 48.0 Å². The van der Waals surface area contributed by atoms with Crippen molar-refractivity contribution in [3.63, 3.8) is 0 Å². The fourth-order valence-corrected chi connectivity index (χ4v) is 2.66. The van der Waals surface area contributed by atoms with Crippen LogP contribution in [0, 0.1) is 6.92 Å². The number of hydrogen-bond acceptors (Lipinski definition) is 2. The van der Waals surface area contributed by atoms with Crippen LogP contribution in [0.2, 0.25) is 0 Å². The second kappa shape index (κ2) is 6.48. The van der Waals surface area contributed by atoms with Gasteiger partial charge in [0, 0.05) is 18.1 Å². The van der Waals surface area contributed by atoms with Crippen molar-refractivity contribution in [1.29, 1.82) is 0 Å². The molecule has 22 heavy (non-hydrogen) atoms. The molecule has 0 bridgehead atoms. The maximum Gasteiger partial charge on any atom is 0.244 e. The summed E-state index contributed by atoms with van der Waals surface area (Å²) in [6, 6.07) is 15.9. The van der Waals surface area contributed by atoms with Crippen molar-refractivity contribution in [2.24, 2.45) is 0 Å². The minimum atomic E-state index is -0.0804. The number of carbonyl (C=O) groups is 1. The zero-order valence-electron chi connectivity index (χ0n) is 12.6. The quantitative estimate of drug-likeness (QED) is 0.877. The Kier molecular flexibility index (Phi) is 4.24. The first kappa shape index (κ1) is 14.4. The Hall–Kier alpha value is -2.55. The van der Waals surface area contributed by atoms with E-state index in [4.69, 9.17) is 4.74 Å².